The van der Waals surface area contributed by atoms with Crippen LogP contribution in [0.4, 0.5) is 0 Å². The standard InChI is InChI=1S/C20H22N4O3/c1-13-6-8-16(9-7-13)24-19(17-5-4-10-26-17)21-18(22-24)20(25)23-11-14(2)27-15(3)12-23/h4-10,14-15H,11-12H2,1-3H3. The van der Waals surface area contributed by atoms with Gasteiger partial charge in [-0.25, -0.2) is 4.68 Å². The number of carbonyl (C=O) groups excluding carboxylic acids is 1. The molecule has 7 heteroatoms. The topological polar surface area (TPSA) is 73.4 Å². The van der Waals surface area contributed by atoms with Gasteiger partial charge in [-0.2, -0.15) is 4.98 Å². The molecule has 0 spiro atoms. The van der Waals surface area contributed by atoms with E-state index in [0.29, 0.717) is 24.7 Å². The number of nitrogens with zero attached hydrogens (tertiary/aromatic N) is 4. The lowest BCUT2D eigenvalue weighted by Gasteiger charge is -2.34. The molecule has 2 aromatic heterocycles. The van der Waals surface area contributed by atoms with Crippen molar-refractivity contribution in [3.63, 3.8) is 0 Å². The van der Waals surface area contributed by atoms with Crippen molar-refractivity contribution in [2.75, 3.05) is 13.1 Å². The molecule has 27 heavy (non-hydrogen) atoms. The highest BCUT2D eigenvalue weighted by molar-refractivity contribution is 5.91. The predicted molar refractivity (Wildman–Crippen MR) is 99.7 cm³/mol. The highest BCUT2D eigenvalue weighted by atomic mass is 16.5. The summed E-state index contributed by atoms with van der Waals surface area (Å²) in [4.78, 5) is 19.3. The van der Waals surface area contributed by atoms with Crippen LogP contribution in [0.2, 0.25) is 0 Å². The van der Waals surface area contributed by atoms with Gasteiger partial charge in [-0.1, -0.05) is 17.7 Å². The van der Waals surface area contributed by atoms with Crippen molar-refractivity contribution in [1.82, 2.24) is 19.7 Å². The highest BCUT2D eigenvalue weighted by Gasteiger charge is 2.30. The number of carbonyl (C=O) groups is 1. The molecule has 140 valence electrons. The summed E-state index contributed by atoms with van der Waals surface area (Å²) in [5, 5.41) is 4.50. The molecule has 3 heterocycles. The summed E-state index contributed by atoms with van der Waals surface area (Å²) in [5.74, 6) is 1.02. The molecule has 2 unspecified atom stereocenters. The van der Waals surface area contributed by atoms with E-state index < -0.39 is 0 Å². The van der Waals surface area contributed by atoms with Gasteiger partial charge in [0, 0.05) is 13.1 Å². The van der Waals surface area contributed by atoms with E-state index in [2.05, 4.69) is 10.1 Å². The zero-order chi connectivity index (χ0) is 19.0. The molecule has 0 bridgehead atoms. The van der Waals surface area contributed by atoms with Crippen LogP contribution < -0.4 is 0 Å². The first-order chi connectivity index (χ1) is 13.0. The Labute approximate surface area is 157 Å². The fourth-order valence-corrected chi connectivity index (χ4v) is 3.32. The quantitative estimate of drug-likeness (QED) is 0.712. The molecule has 0 saturated carbocycles. The average molecular weight is 366 g/mol. The van der Waals surface area contributed by atoms with Gasteiger partial charge in [-0.3, -0.25) is 4.79 Å². The molecule has 0 aliphatic carbocycles. The first kappa shape index (κ1) is 17.5. The second-order valence-corrected chi connectivity index (χ2v) is 6.95. The number of rotatable bonds is 3. The summed E-state index contributed by atoms with van der Waals surface area (Å²) in [6.45, 7) is 7.00. The highest BCUT2D eigenvalue weighted by Crippen LogP contribution is 2.23. The number of hydrogen-bond donors (Lipinski definition) is 0. The Bertz CT molecular complexity index is 921. The Hall–Kier alpha value is -2.93. The van der Waals surface area contributed by atoms with E-state index in [4.69, 9.17) is 9.15 Å². The molecule has 1 aromatic carbocycles. The number of aryl methyl sites for hydroxylation is 1. The minimum absolute atomic E-state index is 0.0126. The Kier molecular flexibility index (Phi) is 4.53. The van der Waals surface area contributed by atoms with Gasteiger partial charge in [0.2, 0.25) is 5.82 Å². The fourth-order valence-electron chi connectivity index (χ4n) is 3.32. The largest absolute Gasteiger partial charge is 0.461 e. The third-order valence-corrected chi connectivity index (χ3v) is 4.53. The molecule has 1 amide bonds. The Morgan fingerprint density at radius 2 is 1.81 bits per heavy atom. The van der Waals surface area contributed by atoms with Gasteiger partial charge >= 0.3 is 0 Å². The molecule has 1 fully saturated rings. The van der Waals surface area contributed by atoms with Gasteiger partial charge in [0.15, 0.2) is 11.6 Å². The van der Waals surface area contributed by atoms with E-state index in [9.17, 15) is 4.79 Å². The maximum absolute atomic E-state index is 13.0. The van der Waals surface area contributed by atoms with Crippen LogP contribution in [0.15, 0.2) is 47.1 Å². The summed E-state index contributed by atoms with van der Waals surface area (Å²) < 4.78 is 12.9. The van der Waals surface area contributed by atoms with Crippen molar-refractivity contribution >= 4 is 5.91 Å². The lowest BCUT2D eigenvalue weighted by atomic mass is 10.2. The van der Waals surface area contributed by atoms with Crippen molar-refractivity contribution in [3.05, 3.63) is 54.0 Å². The van der Waals surface area contributed by atoms with Gasteiger partial charge in [0.05, 0.1) is 24.2 Å². The monoisotopic (exact) mass is 366 g/mol. The van der Waals surface area contributed by atoms with Gasteiger partial charge in [-0.05, 0) is 45.0 Å². The molecule has 2 atom stereocenters. The van der Waals surface area contributed by atoms with Crippen LogP contribution in [0.25, 0.3) is 17.3 Å². The number of benzene rings is 1. The molecule has 0 radical (unpaired) electrons. The van der Waals surface area contributed by atoms with Crippen molar-refractivity contribution in [3.8, 4) is 17.3 Å². The summed E-state index contributed by atoms with van der Waals surface area (Å²) in [7, 11) is 0. The minimum atomic E-state index is -0.198. The average Bonchev–Trinajstić information content (AvgIpc) is 3.30. The first-order valence-corrected chi connectivity index (χ1v) is 9.04. The minimum Gasteiger partial charge on any atom is -0.461 e. The smallest absolute Gasteiger partial charge is 0.293 e. The number of ether oxygens (including phenoxy) is 1. The van der Waals surface area contributed by atoms with Crippen LogP contribution in [0.3, 0.4) is 0 Å². The van der Waals surface area contributed by atoms with Crippen molar-refractivity contribution in [2.45, 2.75) is 33.0 Å². The third-order valence-electron chi connectivity index (χ3n) is 4.53. The molecule has 1 aliphatic rings. The molecular weight excluding hydrogens is 344 g/mol. The SMILES string of the molecule is Cc1ccc(-n2nc(C(=O)N3CC(C)OC(C)C3)nc2-c2ccco2)cc1. The first-order valence-electron chi connectivity index (χ1n) is 9.04. The lowest BCUT2D eigenvalue weighted by molar-refractivity contribution is -0.0588. The molecular formula is C20H22N4O3. The normalized spacial score (nSPS) is 20.0. The van der Waals surface area contributed by atoms with Crippen molar-refractivity contribution < 1.29 is 13.9 Å². The van der Waals surface area contributed by atoms with E-state index >= 15 is 0 Å². The molecule has 1 aliphatic heterocycles. The number of hydrogen-bond acceptors (Lipinski definition) is 5. The number of morpholine rings is 1. The van der Waals surface area contributed by atoms with E-state index in [1.54, 1.807) is 21.9 Å². The van der Waals surface area contributed by atoms with E-state index in [0.717, 1.165) is 11.3 Å². The van der Waals surface area contributed by atoms with Crippen LogP contribution in [0, 0.1) is 6.92 Å². The zero-order valence-electron chi connectivity index (χ0n) is 15.6. The Morgan fingerprint density at radius 3 is 2.44 bits per heavy atom. The van der Waals surface area contributed by atoms with Gasteiger partial charge < -0.3 is 14.1 Å². The summed E-state index contributed by atoms with van der Waals surface area (Å²) >= 11 is 0. The summed E-state index contributed by atoms with van der Waals surface area (Å²) in [5.41, 5.74) is 1.97. The van der Waals surface area contributed by atoms with Crippen LogP contribution >= 0.6 is 0 Å². The Morgan fingerprint density at radius 1 is 1.11 bits per heavy atom. The molecule has 7 nitrogen and oxygen atoms in total. The van der Waals surface area contributed by atoms with E-state index in [1.807, 2.05) is 51.1 Å². The van der Waals surface area contributed by atoms with Crippen molar-refractivity contribution in [1.29, 1.82) is 0 Å². The van der Waals surface area contributed by atoms with E-state index in [-0.39, 0.29) is 23.9 Å². The number of aromatic nitrogens is 3. The lowest BCUT2D eigenvalue weighted by Crippen LogP contribution is -2.48. The van der Waals surface area contributed by atoms with Crippen molar-refractivity contribution in [2.24, 2.45) is 0 Å². The molecule has 4 rings (SSSR count). The maximum Gasteiger partial charge on any atom is 0.293 e. The van der Waals surface area contributed by atoms with E-state index in [1.165, 1.54) is 0 Å². The third kappa shape index (κ3) is 3.50. The van der Waals surface area contributed by atoms with Crippen LogP contribution in [0.1, 0.15) is 30.0 Å². The zero-order valence-corrected chi connectivity index (χ0v) is 15.6. The van der Waals surface area contributed by atoms with Gasteiger partial charge in [-0.15, -0.1) is 5.10 Å². The molecule has 3 aromatic rings. The van der Waals surface area contributed by atoms with Gasteiger partial charge in [0.1, 0.15) is 0 Å². The number of amides is 1. The maximum atomic E-state index is 13.0. The second kappa shape index (κ2) is 7.00. The number of furan rings is 1. The van der Waals surface area contributed by atoms with Crippen LogP contribution in [-0.2, 0) is 4.74 Å². The predicted octanol–water partition coefficient (Wildman–Crippen LogP) is 3.09. The fraction of sp³-hybridized carbons (Fsp3) is 0.350. The molecule has 0 N–H and O–H groups in total. The summed E-state index contributed by atoms with van der Waals surface area (Å²) in [6.07, 6.45) is 1.55. The van der Waals surface area contributed by atoms with Crippen LogP contribution in [0.5, 0.6) is 0 Å². The molecule has 1 saturated heterocycles. The Balaban J connectivity index is 1.73. The second-order valence-electron chi connectivity index (χ2n) is 6.95. The summed E-state index contributed by atoms with van der Waals surface area (Å²) in [6, 6.07) is 11.5. The van der Waals surface area contributed by atoms with Crippen LogP contribution in [-0.4, -0.2) is 50.9 Å². The van der Waals surface area contributed by atoms with Gasteiger partial charge in [0.25, 0.3) is 5.91 Å².